The quantitative estimate of drug-likeness (QED) is 0.837. The van der Waals surface area contributed by atoms with Crippen molar-refractivity contribution in [2.45, 2.75) is 13.5 Å². The molecule has 2 aromatic rings. The molecular formula is C9H12N4OS2. The molecule has 0 radical (unpaired) electrons. The van der Waals surface area contributed by atoms with E-state index in [0.29, 0.717) is 5.88 Å². The predicted octanol–water partition coefficient (Wildman–Crippen LogP) is 1.95. The third-order valence-corrected chi connectivity index (χ3v) is 3.66. The number of hydrogen-bond donors (Lipinski definition) is 0. The molecule has 2 heterocycles. The number of anilines is 1. The fourth-order valence-electron chi connectivity index (χ4n) is 1.21. The van der Waals surface area contributed by atoms with Crippen LogP contribution in [0.5, 0.6) is 5.88 Å². The van der Waals surface area contributed by atoms with E-state index in [0.717, 1.165) is 22.4 Å². The van der Waals surface area contributed by atoms with Gasteiger partial charge in [-0.15, -0.1) is 0 Å². The number of aryl methyl sites for hydroxylation is 1. The molecule has 0 saturated carbocycles. The van der Waals surface area contributed by atoms with Crippen molar-refractivity contribution in [3.8, 4) is 5.88 Å². The Labute approximate surface area is 102 Å². The summed E-state index contributed by atoms with van der Waals surface area (Å²) in [6, 6.07) is 1.94. The molecule has 7 heteroatoms. The monoisotopic (exact) mass is 256 g/mol. The summed E-state index contributed by atoms with van der Waals surface area (Å²) in [5.41, 5.74) is 0. The highest BCUT2D eigenvalue weighted by atomic mass is 32.1. The minimum absolute atomic E-state index is 0.668. The molecule has 5 nitrogen and oxygen atoms in total. The summed E-state index contributed by atoms with van der Waals surface area (Å²) in [6.45, 7) is 2.67. The van der Waals surface area contributed by atoms with Crippen LogP contribution in [-0.4, -0.2) is 27.9 Å². The van der Waals surface area contributed by atoms with Crippen LogP contribution in [-0.2, 0) is 6.54 Å². The maximum atomic E-state index is 5.04. The summed E-state index contributed by atoms with van der Waals surface area (Å²) in [4.78, 5) is 7.52. The average Bonchev–Trinajstić information content (AvgIpc) is 2.87. The van der Waals surface area contributed by atoms with Crippen molar-refractivity contribution in [2.75, 3.05) is 19.1 Å². The van der Waals surface area contributed by atoms with Crippen molar-refractivity contribution in [3.63, 3.8) is 0 Å². The molecule has 0 spiro atoms. The van der Waals surface area contributed by atoms with E-state index in [-0.39, 0.29) is 0 Å². The first-order valence-corrected chi connectivity index (χ1v) is 6.24. The van der Waals surface area contributed by atoms with Gasteiger partial charge in [-0.2, -0.15) is 8.75 Å². The fourth-order valence-corrected chi connectivity index (χ4v) is 2.58. The lowest BCUT2D eigenvalue weighted by Gasteiger charge is -2.12. The van der Waals surface area contributed by atoms with Crippen LogP contribution in [0.1, 0.15) is 10.7 Å². The van der Waals surface area contributed by atoms with Crippen LogP contribution >= 0.6 is 23.1 Å². The van der Waals surface area contributed by atoms with Crippen molar-refractivity contribution in [3.05, 3.63) is 16.8 Å². The van der Waals surface area contributed by atoms with Crippen molar-refractivity contribution in [1.29, 1.82) is 0 Å². The van der Waals surface area contributed by atoms with Gasteiger partial charge >= 0.3 is 0 Å². The smallest absolute Gasteiger partial charge is 0.225 e. The van der Waals surface area contributed by atoms with Crippen LogP contribution < -0.4 is 9.64 Å². The second kappa shape index (κ2) is 4.75. The van der Waals surface area contributed by atoms with Crippen LogP contribution in [0.3, 0.4) is 0 Å². The zero-order valence-corrected chi connectivity index (χ0v) is 10.9. The van der Waals surface area contributed by atoms with E-state index in [1.165, 1.54) is 23.1 Å². The van der Waals surface area contributed by atoms with Crippen LogP contribution in [0, 0.1) is 6.92 Å². The fraction of sp³-hybridized carbons (Fsp3) is 0.444. The summed E-state index contributed by atoms with van der Waals surface area (Å²) in [5.74, 6) is 1.48. The van der Waals surface area contributed by atoms with Gasteiger partial charge in [0.15, 0.2) is 0 Å². The van der Waals surface area contributed by atoms with Gasteiger partial charge in [-0.1, -0.05) is 0 Å². The summed E-state index contributed by atoms with van der Waals surface area (Å²) >= 11 is 2.85. The van der Waals surface area contributed by atoms with E-state index in [1.54, 1.807) is 7.11 Å². The molecule has 0 fully saturated rings. The lowest BCUT2D eigenvalue weighted by molar-refractivity contribution is 0.402. The molecule has 0 amide bonds. The topological polar surface area (TPSA) is 51.1 Å². The minimum Gasteiger partial charge on any atom is -0.480 e. The van der Waals surface area contributed by atoms with Crippen LogP contribution in [0.15, 0.2) is 6.07 Å². The Morgan fingerprint density at radius 3 is 2.75 bits per heavy atom. The zero-order chi connectivity index (χ0) is 11.5. The highest BCUT2D eigenvalue weighted by Gasteiger charge is 2.09. The Balaban J connectivity index is 2.04. The molecule has 0 saturated heterocycles. The second-order valence-electron chi connectivity index (χ2n) is 3.32. The van der Waals surface area contributed by atoms with Crippen molar-refractivity contribution in [2.24, 2.45) is 0 Å². The highest BCUT2D eigenvalue weighted by Crippen LogP contribution is 2.21. The SMILES string of the molecule is COc1cc(CN(C)c2nc(C)ns2)sn1. The van der Waals surface area contributed by atoms with Crippen LogP contribution in [0.4, 0.5) is 5.13 Å². The molecule has 0 aliphatic rings. The minimum atomic E-state index is 0.668. The van der Waals surface area contributed by atoms with Gasteiger partial charge in [-0.25, -0.2) is 4.98 Å². The molecule has 2 rings (SSSR count). The van der Waals surface area contributed by atoms with Crippen molar-refractivity contribution < 1.29 is 4.74 Å². The van der Waals surface area contributed by atoms with Crippen LogP contribution in [0.25, 0.3) is 0 Å². The number of ether oxygens (including phenoxy) is 1. The average molecular weight is 256 g/mol. The normalized spacial score (nSPS) is 10.4. The lowest BCUT2D eigenvalue weighted by Crippen LogP contribution is -2.15. The molecule has 0 unspecified atom stereocenters. The number of methoxy groups -OCH3 is 1. The zero-order valence-electron chi connectivity index (χ0n) is 9.30. The largest absolute Gasteiger partial charge is 0.480 e. The van der Waals surface area contributed by atoms with Crippen molar-refractivity contribution in [1.82, 2.24) is 13.7 Å². The molecular weight excluding hydrogens is 244 g/mol. The Bertz CT molecular complexity index is 468. The summed E-state index contributed by atoms with van der Waals surface area (Å²) in [5, 5.41) is 0.921. The third kappa shape index (κ3) is 2.48. The first kappa shape index (κ1) is 11.3. The van der Waals surface area contributed by atoms with Gasteiger partial charge in [-0.3, -0.25) is 0 Å². The summed E-state index contributed by atoms with van der Waals surface area (Å²) < 4.78 is 13.3. The second-order valence-corrected chi connectivity index (χ2v) is 4.94. The van der Waals surface area contributed by atoms with E-state index in [4.69, 9.17) is 4.74 Å². The van der Waals surface area contributed by atoms with Gasteiger partial charge in [0.1, 0.15) is 5.82 Å². The summed E-state index contributed by atoms with van der Waals surface area (Å²) in [6.07, 6.45) is 0. The number of nitrogens with zero attached hydrogens (tertiary/aromatic N) is 4. The van der Waals surface area contributed by atoms with Gasteiger partial charge < -0.3 is 9.64 Å². The number of aromatic nitrogens is 3. The van der Waals surface area contributed by atoms with E-state index in [9.17, 15) is 0 Å². The van der Waals surface area contributed by atoms with Crippen molar-refractivity contribution >= 4 is 28.2 Å². The lowest BCUT2D eigenvalue weighted by atomic mass is 10.4. The van der Waals surface area contributed by atoms with Gasteiger partial charge in [-0.05, 0) is 18.5 Å². The molecule has 0 bridgehead atoms. The Morgan fingerprint density at radius 2 is 2.19 bits per heavy atom. The first-order chi connectivity index (χ1) is 7.69. The van der Waals surface area contributed by atoms with Crippen LogP contribution in [0.2, 0.25) is 0 Å². The van der Waals surface area contributed by atoms with Gasteiger partial charge in [0.25, 0.3) is 0 Å². The summed E-state index contributed by atoms with van der Waals surface area (Å²) in [7, 11) is 3.61. The molecule has 0 N–H and O–H groups in total. The van der Waals surface area contributed by atoms with E-state index < -0.39 is 0 Å². The maximum absolute atomic E-state index is 5.04. The van der Waals surface area contributed by atoms with E-state index >= 15 is 0 Å². The van der Waals surface area contributed by atoms with Gasteiger partial charge in [0, 0.05) is 29.5 Å². The number of hydrogen-bond acceptors (Lipinski definition) is 7. The molecule has 0 aromatic carbocycles. The molecule has 0 atom stereocenters. The predicted molar refractivity (Wildman–Crippen MR) is 65.4 cm³/mol. The molecule has 86 valence electrons. The Kier molecular flexibility index (Phi) is 3.35. The molecule has 0 aliphatic carbocycles. The standard InChI is InChI=1S/C9H12N4OS2/c1-6-10-9(16-11-6)13(2)5-7-4-8(14-3)12-15-7/h4H,5H2,1-3H3. The molecule has 2 aromatic heterocycles. The Morgan fingerprint density at radius 1 is 1.38 bits per heavy atom. The number of rotatable bonds is 4. The maximum Gasteiger partial charge on any atom is 0.225 e. The van der Waals surface area contributed by atoms with E-state index in [2.05, 4.69) is 18.6 Å². The molecule has 16 heavy (non-hydrogen) atoms. The van der Waals surface area contributed by atoms with E-state index in [1.807, 2.05) is 20.0 Å². The molecule has 0 aliphatic heterocycles. The van der Waals surface area contributed by atoms with Gasteiger partial charge in [0.2, 0.25) is 11.0 Å². The Hall–Kier alpha value is -1.21. The first-order valence-electron chi connectivity index (χ1n) is 4.70. The van der Waals surface area contributed by atoms with Gasteiger partial charge in [0.05, 0.1) is 13.7 Å². The third-order valence-electron chi connectivity index (χ3n) is 1.98. The highest BCUT2D eigenvalue weighted by molar-refractivity contribution is 7.09.